The van der Waals surface area contributed by atoms with Crippen LogP contribution in [0.4, 0.5) is 10.5 Å². The summed E-state index contributed by atoms with van der Waals surface area (Å²) in [5.41, 5.74) is 4.11. The Balaban J connectivity index is 1.48. The molecule has 2 aliphatic rings. The minimum atomic E-state index is -0.232. The van der Waals surface area contributed by atoms with Crippen molar-refractivity contribution in [1.82, 2.24) is 5.32 Å². The smallest absolute Gasteiger partial charge is 0.319 e. The number of nitrogens with one attached hydrogen (secondary N) is 2. The van der Waals surface area contributed by atoms with Crippen LogP contribution in [-0.2, 0) is 11.8 Å². The van der Waals surface area contributed by atoms with Crippen LogP contribution < -0.4 is 15.4 Å². The van der Waals surface area contributed by atoms with Crippen molar-refractivity contribution in [2.75, 3.05) is 11.9 Å². The fraction of sp³-hybridized carbons (Fsp3) is 0.458. The molecule has 1 fully saturated rings. The zero-order valence-electron chi connectivity index (χ0n) is 17.1. The molecule has 0 spiro atoms. The minimum Gasteiger partial charge on any atom is -0.485 e. The molecule has 1 saturated carbocycles. The highest BCUT2D eigenvalue weighted by molar-refractivity contribution is 5.92. The second-order valence-corrected chi connectivity index (χ2v) is 8.95. The Bertz CT molecular complexity index is 868. The van der Waals surface area contributed by atoms with Crippen LogP contribution in [0.15, 0.2) is 42.5 Å². The molecule has 28 heavy (non-hydrogen) atoms. The van der Waals surface area contributed by atoms with Crippen LogP contribution in [0.25, 0.3) is 0 Å². The first kappa shape index (κ1) is 18.9. The van der Waals surface area contributed by atoms with Crippen LogP contribution in [-0.4, -0.2) is 18.2 Å². The van der Waals surface area contributed by atoms with E-state index in [4.69, 9.17) is 4.74 Å². The lowest BCUT2D eigenvalue weighted by molar-refractivity contribution is 0.139. The monoisotopic (exact) mass is 378 g/mol. The molecule has 2 aromatic carbocycles. The van der Waals surface area contributed by atoms with Gasteiger partial charge in [-0.05, 0) is 44.7 Å². The lowest BCUT2D eigenvalue weighted by Gasteiger charge is -2.30. The molecular weight excluding hydrogens is 348 g/mol. The average Bonchev–Trinajstić information content (AvgIpc) is 3.27. The number of carbonyl (C=O) groups excluding carboxylic acids is 1. The molecule has 0 unspecified atom stereocenters. The van der Waals surface area contributed by atoms with Crippen molar-refractivity contribution in [3.05, 3.63) is 59.2 Å². The third-order valence-electron chi connectivity index (χ3n) is 6.21. The van der Waals surface area contributed by atoms with Crippen LogP contribution in [0, 0.1) is 6.92 Å². The molecule has 0 atom stereocenters. The predicted molar refractivity (Wildman–Crippen MR) is 113 cm³/mol. The molecule has 4 rings (SSSR count). The van der Waals surface area contributed by atoms with Crippen LogP contribution in [0.3, 0.4) is 0 Å². The van der Waals surface area contributed by atoms with E-state index < -0.39 is 0 Å². The minimum absolute atomic E-state index is 0.0464. The zero-order chi connectivity index (χ0) is 19.8. The number of benzene rings is 2. The fourth-order valence-electron chi connectivity index (χ4n) is 4.72. The standard InChI is InChI=1S/C24H30N2O2/c1-17-11-12-18-15-23(2,3)28-21(18)20(17)26-22(27)25-16-24(13-7-8-14-24)19-9-5-4-6-10-19/h4-6,9-12H,7-8,13-16H2,1-3H3,(H2,25,26,27). The largest absolute Gasteiger partial charge is 0.485 e. The summed E-state index contributed by atoms with van der Waals surface area (Å²) < 4.78 is 6.13. The Morgan fingerprint density at radius 2 is 1.79 bits per heavy atom. The number of rotatable bonds is 4. The summed E-state index contributed by atoms with van der Waals surface area (Å²) in [6.07, 6.45) is 5.53. The van der Waals surface area contributed by atoms with E-state index in [1.807, 2.05) is 13.0 Å². The summed E-state index contributed by atoms with van der Waals surface area (Å²) in [5, 5.41) is 6.21. The van der Waals surface area contributed by atoms with Gasteiger partial charge in [0, 0.05) is 23.9 Å². The molecule has 0 aromatic heterocycles. The number of urea groups is 1. The van der Waals surface area contributed by atoms with Gasteiger partial charge in [0.05, 0.1) is 5.69 Å². The number of aryl methyl sites for hydroxylation is 1. The van der Waals surface area contributed by atoms with Crippen molar-refractivity contribution in [3.8, 4) is 5.75 Å². The maximum absolute atomic E-state index is 12.8. The highest BCUT2D eigenvalue weighted by Crippen LogP contribution is 2.43. The van der Waals surface area contributed by atoms with E-state index in [0.717, 1.165) is 41.8 Å². The maximum atomic E-state index is 12.8. The van der Waals surface area contributed by atoms with Crippen LogP contribution in [0.5, 0.6) is 5.75 Å². The van der Waals surface area contributed by atoms with Crippen molar-refractivity contribution < 1.29 is 9.53 Å². The summed E-state index contributed by atoms with van der Waals surface area (Å²) in [6.45, 7) is 6.82. The molecule has 1 heterocycles. The van der Waals surface area contributed by atoms with Crippen molar-refractivity contribution >= 4 is 11.7 Å². The number of hydrogen-bond acceptors (Lipinski definition) is 2. The fourth-order valence-corrected chi connectivity index (χ4v) is 4.72. The number of fused-ring (bicyclic) bond motifs is 1. The SMILES string of the molecule is Cc1ccc2c(c1NC(=O)NCC1(c3ccccc3)CCCC1)OC(C)(C)C2. The Morgan fingerprint density at radius 3 is 2.50 bits per heavy atom. The molecule has 0 bridgehead atoms. The van der Waals surface area contributed by atoms with Crippen LogP contribution >= 0.6 is 0 Å². The topological polar surface area (TPSA) is 50.4 Å². The Kier molecular flexibility index (Phi) is 4.82. The molecule has 148 valence electrons. The third-order valence-corrected chi connectivity index (χ3v) is 6.21. The van der Waals surface area contributed by atoms with Gasteiger partial charge in [-0.25, -0.2) is 4.79 Å². The van der Waals surface area contributed by atoms with Crippen molar-refractivity contribution in [2.24, 2.45) is 0 Å². The molecule has 0 saturated heterocycles. The zero-order valence-corrected chi connectivity index (χ0v) is 17.1. The van der Waals surface area contributed by atoms with E-state index in [1.54, 1.807) is 0 Å². The van der Waals surface area contributed by atoms with Gasteiger partial charge >= 0.3 is 6.03 Å². The molecule has 4 nitrogen and oxygen atoms in total. The molecule has 2 N–H and O–H groups in total. The van der Waals surface area contributed by atoms with Gasteiger partial charge < -0.3 is 15.4 Å². The summed E-state index contributed by atoms with van der Waals surface area (Å²) in [5.74, 6) is 0.818. The quantitative estimate of drug-likeness (QED) is 0.754. The molecule has 1 aliphatic carbocycles. The molecule has 2 amide bonds. The molecule has 4 heteroatoms. The summed E-state index contributed by atoms with van der Waals surface area (Å²) in [6, 6.07) is 14.6. The van der Waals surface area contributed by atoms with Crippen LogP contribution in [0.1, 0.15) is 56.2 Å². The second kappa shape index (κ2) is 7.16. The molecule has 2 aromatic rings. The van der Waals surface area contributed by atoms with Crippen molar-refractivity contribution in [1.29, 1.82) is 0 Å². The lowest BCUT2D eigenvalue weighted by Crippen LogP contribution is -2.41. The van der Waals surface area contributed by atoms with Gasteiger partial charge in [-0.2, -0.15) is 0 Å². The van der Waals surface area contributed by atoms with E-state index in [0.29, 0.717) is 6.54 Å². The first-order valence-corrected chi connectivity index (χ1v) is 10.3. The Hall–Kier alpha value is -2.49. The van der Waals surface area contributed by atoms with E-state index in [9.17, 15) is 4.79 Å². The van der Waals surface area contributed by atoms with Gasteiger partial charge in [0.1, 0.15) is 11.4 Å². The summed E-state index contributed by atoms with van der Waals surface area (Å²) >= 11 is 0. The summed E-state index contributed by atoms with van der Waals surface area (Å²) in [7, 11) is 0. The van der Waals surface area contributed by atoms with Crippen molar-refractivity contribution in [2.45, 2.75) is 63.9 Å². The average molecular weight is 379 g/mol. The first-order valence-electron chi connectivity index (χ1n) is 10.3. The van der Waals surface area contributed by atoms with E-state index >= 15 is 0 Å². The number of ether oxygens (including phenoxy) is 1. The van der Waals surface area contributed by atoms with Crippen molar-refractivity contribution in [3.63, 3.8) is 0 Å². The molecular formula is C24H30N2O2. The van der Waals surface area contributed by atoms with E-state index in [-0.39, 0.29) is 17.0 Å². The van der Waals surface area contributed by atoms with Gasteiger partial charge in [-0.3, -0.25) is 0 Å². The summed E-state index contributed by atoms with van der Waals surface area (Å²) in [4.78, 5) is 12.8. The Morgan fingerprint density at radius 1 is 1.07 bits per heavy atom. The Labute approximate surface area is 167 Å². The van der Waals surface area contributed by atoms with Crippen LogP contribution in [0.2, 0.25) is 0 Å². The number of anilines is 1. The normalized spacial score (nSPS) is 19.0. The van der Waals surface area contributed by atoms with Gasteiger partial charge in [-0.15, -0.1) is 0 Å². The maximum Gasteiger partial charge on any atom is 0.319 e. The van der Waals surface area contributed by atoms with Gasteiger partial charge in [0.25, 0.3) is 0 Å². The number of carbonyl (C=O) groups is 1. The van der Waals surface area contributed by atoms with Gasteiger partial charge in [0.2, 0.25) is 0 Å². The number of amides is 2. The van der Waals surface area contributed by atoms with E-state index in [2.05, 4.69) is 60.9 Å². The molecule has 0 radical (unpaired) electrons. The number of hydrogen-bond donors (Lipinski definition) is 2. The third kappa shape index (κ3) is 3.60. The lowest BCUT2D eigenvalue weighted by atomic mass is 9.79. The highest BCUT2D eigenvalue weighted by Gasteiger charge is 2.36. The first-order chi connectivity index (χ1) is 13.4. The highest BCUT2D eigenvalue weighted by atomic mass is 16.5. The van der Waals surface area contributed by atoms with E-state index in [1.165, 1.54) is 18.4 Å². The second-order valence-electron chi connectivity index (χ2n) is 8.95. The molecule has 1 aliphatic heterocycles. The van der Waals surface area contributed by atoms with Gasteiger partial charge in [0.15, 0.2) is 0 Å². The van der Waals surface area contributed by atoms with Gasteiger partial charge in [-0.1, -0.05) is 55.3 Å². The predicted octanol–water partition coefficient (Wildman–Crippen LogP) is 5.34.